The van der Waals surface area contributed by atoms with E-state index < -0.39 is 17.2 Å². The van der Waals surface area contributed by atoms with Crippen LogP contribution in [0.5, 0.6) is 0 Å². The Bertz CT molecular complexity index is 1390. The largest absolute Gasteiger partial charge is 0.870 e. The second-order valence-corrected chi connectivity index (χ2v) is 6.31. The summed E-state index contributed by atoms with van der Waals surface area (Å²) >= 11 is 0. The number of benzene rings is 2. The van der Waals surface area contributed by atoms with Crippen molar-refractivity contribution in [3.63, 3.8) is 0 Å². The number of hydrogen-bond donors (Lipinski definition) is 1. The van der Waals surface area contributed by atoms with Crippen LogP contribution in [0.15, 0.2) is 66.0 Å². The smallest absolute Gasteiger partial charge is 0.408 e. The van der Waals surface area contributed by atoms with Crippen molar-refractivity contribution in [3.05, 3.63) is 88.9 Å². The molecular weight excluding hydrogens is 382 g/mol. The van der Waals surface area contributed by atoms with Crippen molar-refractivity contribution >= 4 is 16.6 Å². The highest BCUT2D eigenvalue weighted by Crippen LogP contribution is 2.14. The third-order valence-electron chi connectivity index (χ3n) is 4.53. The molecular formula is C19H14F2N6O2. The minimum absolute atomic E-state index is 0. The van der Waals surface area contributed by atoms with Crippen LogP contribution in [0, 0.1) is 11.6 Å². The molecule has 0 bridgehead atoms. The minimum Gasteiger partial charge on any atom is -0.870 e. The first-order valence-corrected chi connectivity index (χ1v) is 8.47. The number of aromatic nitrogens is 6. The molecule has 0 atom stereocenters. The van der Waals surface area contributed by atoms with Gasteiger partial charge in [-0.1, -0.05) is 22.0 Å². The standard InChI is InChI=1S/C19H12F2N6O.H2O/c20-13-6-5-12(9-14(13)21)26-19(28)18-16(10-25-8-7-22-11-25)23-15-3-1-2-4-17(15)27(18)24-26;/h1-9,11H,10H2;1H2. The molecule has 0 saturated carbocycles. The minimum atomic E-state index is -1.03. The highest BCUT2D eigenvalue weighted by molar-refractivity contribution is 5.72. The van der Waals surface area contributed by atoms with Gasteiger partial charge in [0.05, 0.1) is 12.9 Å². The molecule has 0 unspecified atom stereocenters. The maximum atomic E-state index is 13.7. The molecule has 10 heteroatoms. The van der Waals surface area contributed by atoms with Gasteiger partial charge in [0.1, 0.15) is 11.2 Å². The van der Waals surface area contributed by atoms with Crippen LogP contribution in [0.3, 0.4) is 0 Å². The summed E-state index contributed by atoms with van der Waals surface area (Å²) in [5.74, 6) is -2.01. The van der Waals surface area contributed by atoms with E-state index in [0.29, 0.717) is 28.8 Å². The van der Waals surface area contributed by atoms with Crippen molar-refractivity contribution in [3.8, 4) is 5.69 Å². The zero-order valence-electron chi connectivity index (χ0n) is 14.8. The van der Waals surface area contributed by atoms with Gasteiger partial charge >= 0.3 is 5.56 Å². The quantitative estimate of drug-likeness (QED) is 0.470. The number of hydrogen-bond acceptors (Lipinski definition) is 4. The summed E-state index contributed by atoms with van der Waals surface area (Å²) in [7, 11) is 0. The van der Waals surface area contributed by atoms with E-state index in [2.05, 4.69) is 15.2 Å². The van der Waals surface area contributed by atoms with Gasteiger partial charge in [-0.05, 0) is 24.3 Å². The van der Waals surface area contributed by atoms with Crippen molar-refractivity contribution < 1.29 is 18.8 Å². The van der Waals surface area contributed by atoms with Crippen LogP contribution in [0.4, 0.5) is 8.78 Å². The van der Waals surface area contributed by atoms with Gasteiger partial charge in [-0.2, -0.15) is 0 Å². The number of rotatable bonds is 3. The van der Waals surface area contributed by atoms with E-state index in [4.69, 9.17) is 0 Å². The Morgan fingerprint density at radius 3 is 2.69 bits per heavy atom. The molecule has 0 saturated heterocycles. The lowest BCUT2D eigenvalue weighted by atomic mass is 10.2. The van der Waals surface area contributed by atoms with Gasteiger partial charge in [0.25, 0.3) is 5.52 Å². The summed E-state index contributed by atoms with van der Waals surface area (Å²) in [6.45, 7) is 0.333. The van der Waals surface area contributed by atoms with Crippen LogP contribution < -0.4 is 10.1 Å². The van der Waals surface area contributed by atoms with Gasteiger partial charge in [0.15, 0.2) is 22.8 Å². The number of fused-ring (bicyclic) bond motifs is 3. The predicted molar refractivity (Wildman–Crippen MR) is 98.0 cm³/mol. The zero-order chi connectivity index (χ0) is 19.3. The van der Waals surface area contributed by atoms with Crippen molar-refractivity contribution in [2.75, 3.05) is 0 Å². The van der Waals surface area contributed by atoms with Crippen LogP contribution >= 0.6 is 0 Å². The molecule has 146 valence electrons. The van der Waals surface area contributed by atoms with Crippen LogP contribution in [-0.4, -0.2) is 29.9 Å². The monoisotopic (exact) mass is 396 g/mol. The van der Waals surface area contributed by atoms with Crippen LogP contribution in [0.1, 0.15) is 5.69 Å². The maximum Gasteiger partial charge on any atom is 0.408 e. The van der Waals surface area contributed by atoms with E-state index in [1.807, 2.05) is 24.3 Å². The summed E-state index contributed by atoms with van der Waals surface area (Å²) in [6, 6.07) is 10.6. The SMILES string of the molecule is O=c1c2c(Cn3ccnc3)nc3ccccc3[n+]2[nH]n1-c1ccc(F)c(F)c1.[OH-]. The summed E-state index contributed by atoms with van der Waals surface area (Å²) in [5, 5.41) is 2.96. The highest BCUT2D eigenvalue weighted by atomic mass is 19.2. The molecule has 2 N–H and O–H groups in total. The molecule has 5 rings (SSSR count). The molecule has 29 heavy (non-hydrogen) atoms. The normalized spacial score (nSPS) is 11.1. The first-order chi connectivity index (χ1) is 13.6. The van der Waals surface area contributed by atoms with E-state index in [1.165, 1.54) is 10.7 Å². The molecule has 0 radical (unpaired) electrons. The number of nitrogens with one attached hydrogen (secondary N) is 1. The molecule has 0 spiro atoms. The average Bonchev–Trinajstić information content (AvgIpc) is 3.32. The summed E-state index contributed by atoms with van der Waals surface area (Å²) in [5.41, 5.74) is 1.99. The Kier molecular flexibility index (Phi) is 4.40. The maximum absolute atomic E-state index is 13.7. The topological polar surface area (TPSA) is 103 Å². The Morgan fingerprint density at radius 2 is 1.93 bits per heavy atom. The van der Waals surface area contributed by atoms with Crippen LogP contribution in [0.2, 0.25) is 0 Å². The molecule has 0 aliphatic heterocycles. The van der Waals surface area contributed by atoms with Crippen molar-refractivity contribution in [2.24, 2.45) is 0 Å². The molecule has 2 aromatic carbocycles. The lowest BCUT2D eigenvalue weighted by molar-refractivity contribution is -0.556. The van der Waals surface area contributed by atoms with E-state index in [-0.39, 0.29) is 11.2 Å². The van der Waals surface area contributed by atoms with Gasteiger partial charge in [0, 0.05) is 18.5 Å². The lowest BCUT2D eigenvalue weighted by Crippen LogP contribution is -2.28. The fourth-order valence-electron chi connectivity index (χ4n) is 3.23. The molecule has 3 heterocycles. The van der Waals surface area contributed by atoms with Gasteiger partial charge in [-0.3, -0.25) is 0 Å². The van der Waals surface area contributed by atoms with Crippen molar-refractivity contribution in [1.29, 1.82) is 0 Å². The van der Waals surface area contributed by atoms with Crippen molar-refractivity contribution in [2.45, 2.75) is 6.54 Å². The second-order valence-electron chi connectivity index (χ2n) is 6.31. The Balaban J connectivity index is 0.00000205. The molecule has 0 amide bonds. The Morgan fingerprint density at radius 1 is 1.10 bits per heavy atom. The van der Waals surface area contributed by atoms with Crippen LogP contribution in [-0.2, 0) is 6.54 Å². The number of imidazole rings is 1. The van der Waals surface area contributed by atoms with Gasteiger partial charge in [-0.15, -0.1) is 4.52 Å². The molecule has 0 fully saturated rings. The number of aromatic amines is 1. The lowest BCUT2D eigenvalue weighted by Gasteiger charge is -2.03. The van der Waals surface area contributed by atoms with E-state index in [0.717, 1.165) is 12.1 Å². The fraction of sp³-hybridized carbons (Fsp3) is 0.0526. The van der Waals surface area contributed by atoms with Gasteiger partial charge in [-0.25, -0.2) is 23.5 Å². The first-order valence-electron chi connectivity index (χ1n) is 8.47. The Labute approximate surface area is 161 Å². The number of para-hydroxylation sites is 2. The summed E-state index contributed by atoms with van der Waals surface area (Å²) in [6.07, 6.45) is 5.05. The molecule has 8 nitrogen and oxygen atoms in total. The summed E-state index contributed by atoms with van der Waals surface area (Å²) < 4.78 is 31.6. The predicted octanol–water partition coefficient (Wildman–Crippen LogP) is 1.80. The summed E-state index contributed by atoms with van der Waals surface area (Å²) in [4.78, 5) is 21.8. The first kappa shape index (κ1) is 18.4. The fourth-order valence-corrected chi connectivity index (χ4v) is 3.23. The number of nitrogens with zero attached hydrogens (tertiary/aromatic N) is 5. The van der Waals surface area contributed by atoms with Crippen molar-refractivity contribution in [1.82, 2.24) is 24.4 Å². The molecule has 0 aliphatic rings. The average molecular weight is 396 g/mol. The molecule has 0 aliphatic carbocycles. The Hall–Kier alpha value is -3.92. The molecule has 3 aromatic heterocycles. The number of halogens is 2. The third kappa shape index (κ3) is 2.95. The second kappa shape index (κ2) is 6.91. The third-order valence-corrected chi connectivity index (χ3v) is 4.53. The van der Waals surface area contributed by atoms with Gasteiger partial charge < -0.3 is 10.0 Å². The van der Waals surface area contributed by atoms with E-state index in [1.54, 1.807) is 27.8 Å². The van der Waals surface area contributed by atoms with Gasteiger partial charge in [0.2, 0.25) is 0 Å². The molecule has 5 aromatic rings. The van der Waals surface area contributed by atoms with Crippen LogP contribution in [0.25, 0.3) is 22.2 Å². The van der Waals surface area contributed by atoms with E-state index >= 15 is 0 Å². The zero-order valence-corrected chi connectivity index (χ0v) is 14.8. The highest BCUT2D eigenvalue weighted by Gasteiger charge is 2.25. The number of H-pyrrole nitrogens is 1. The van der Waals surface area contributed by atoms with E-state index in [9.17, 15) is 13.6 Å².